The predicted molar refractivity (Wildman–Crippen MR) is 257 cm³/mol. The summed E-state index contributed by atoms with van der Waals surface area (Å²) in [5.74, 6) is -9.56. The van der Waals surface area contributed by atoms with Crippen LogP contribution in [0.25, 0.3) is 10.8 Å². The molecule has 0 spiro atoms. The van der Waals surface area contributed by atoms with Gasteiger partial charge in [0, 0.05) is 192 Å². The number of carbonyl (C=O) groups excluding carboxylic acids is 7. The molecule has 414 valence electrons. The molecule has 1 aliphatic carbocycles. The van der Waals surface area contributed by atoms with Crippen LogP contribution in [0.15, 0.2) is 42.5 Å². The van der Waals surface area contributed by atoms with Crippen LogP contribution in [0.2, 0.25) is 0 Å². The SMILES string of the molecule is O=C([O-])CN1CCN(CC(=O)[O-])CCN(CC(=O)NCC2CCC(C(=O)N[C@@H](Cc3ccc4ccccc4c3)C(=O)NCCCC[C@H](NC(=O)N[C@@H](CCC(=O)O)C(=O)O)C(=O)O)CC2)CCN(CC(=O)[O-])CC1.[225Ac].[Ac]. The fraction of sp³-hybridized carbons (Fsp3) is 0.592. The summed E-state index contributed by atoms with van der Waals surface area (Å²) < 4.78 is 0. The van der Waals surface area contributed by atoms with Gasteiger partial charge in [-0.15, -0.1) is 0 Å². The minimum atomic E-state index is -1.56. The molecule has 27 heteroatoms. The maximum atomic E-state index is 13.8. The maximum absolute atomic E-state index is 13.8. The third kappa shape index (κ3) is 26.5. The number of rotatable bonds is 27. The first-order chi connectivity index (χ1) is 35.2. The number of aliphatic carboxylic acids is 6. The summed E-state index contributed by atoms with van der Waals surface area (Å²) in [6, 6.07) is 8.38. The molecule has 76 heavy (non-hydrogen) atoms. The minimum absolute atomic E-state index is 0. The quantitative estimate of drug-likeness (QED) is 0.0392. The average molecular weight is 1490 g/mol. The second kappa shape index (κ2) is 36.2. The zero-order chi connectivity index (χ0) is 54.2. The van der Waals surface area contributed by atoms with E-state index in [0.717, 1.165) is 16.3 Å². The number of carboxylic acids is 6. The summed E-state index contributed by atoms with van der Waals surface area (Å²) in [5.41, 5.74) is 0.796. The van der Waals surface area contributed by atoms with Crippen molar-refractivity contribution in [3.05, 3.63) is 48.0 Å². The van der Waals surface area contributed by atoms with Gasteiger partial charge in [-0.25, -0.2) is 14.4 Å². The summed E-state index contributed by atoms with van der Waals surface area (Å²) in [6.45, 7) is 0.673. The van der Waals surface area contributed by atoms with Gasteiger partial charge >= 0.3 is 23.9 Å². The zero-order valence-corrected chi connectivity index (χ0v) is 52.0. The van der Waals surface area contributed by atoms with Crippen LogP contribution in [0.3, 0.4) is 0 Å². The van der Waals surface area contributed by atoms with Crippen LogP contribution >= 0.6 is 0 Å². The number of carbonyl (C=O) groups is 10. The van der Waals surface area contributed by atoms with Crippen molar-refractivity contribution >= 4 is 70.3 Å². The summed E-state index contributed by atoms with van der Waals surface area (Å²) in [5, 5.41) is 77.2. The molecular formula is C49H68Ac2N9O16-3. The van der Waals surface area contributed by atoms with Crippen LogP contribution in [0.5, 0.6) is 0 Å². The van der Waals surface area contributed by atoms with E-state index >= 15 is 0 Å². The van der Waals surface area contributed by atoms with Crippen molar-refractivity contribution in [3.63, 3.8) is 0 Å². The van der Waals surface area contributed by atoms with Gasteiger partial charge in [-0.2, -0.15) is 0 Å². The van der Waals surface area contributed by atoms with E-state index in [-0.39, 0.29) is 197 Å². The van der Waals surface area contributed by atoms with Crippen molar-refractivity contribution in [2.75, 3.05) is 91.6 Å². The third-order valence-electron chi connectivity index (χ3n) is 13.1. The third-order valence-corrected chi connectivity index (χ3v) is 13.1. The Morgan fingerprint density at radius 1 is 0.579 bits per heavy atom. The zero-order valence-electron chi connectivity index (χ0n) is 42.5. The normalized spacial score (nSPS) is 18.3. The second-order valence-electron chi connectivity index (χ2n) is 18.8. The van der Waals surface area contributed by atoms with Crippen LogP contribution in [0, 0.1) is 100.0 Å². The number of unbranched alkanes of at least 4 members (excludes halogenated alkanes) is 1. The molecule has 1 aliphatic heterocycles. The van der Waals surface area contributed by atoms with Gasteiger partial charge < -0.3 is 71.6 Å². The molecule has 2 radical (unpaired) electrons. The summed E-state index contributed by atoms with van der Waals surface area (Å²) in [6.07, 6.45) is 1.83. The molecule has 2 aromatic rings. The number of nitrogens with one attached hydrogen (secondary N) is 5. The van der Waals surface area contributed by atoms with Crippen molar-refractivity contribution < 1.29 is 167 Å². The van der Waals surface area contributed by atoms with Gasteiger partial charge in [-0.05, 0) is 73.6 Å². The van der Waals surface area contributed by atoms with Crippen molar-refractivity contribution in [2.45, 2.75) is 82.3 Å². The van der Waals surface area contributed by atoms with E-state index in [9.17, 15) is 73.5 Å². The number of amides is 5. The summed E-state index contributed by atoms with van der Waals surface area (Å²) in [4.78, 5) is 128. The number of hydrogen-bond donors (Lipinski definition) is 8. The fourth-order valence-corrected chi connectivity index (χ4v) is 8.95. The topological polar surface area (TPSA) is 374 Å². The Balaban J connectivity index is 0.00000988. The number of urea groups is 1. The molecule has 1 heterocycles. The standard InChI is InChI=1S/C49H71N9O16.2Ac/c59-40(28-55-17-19-56(29-42(62)63)21-23-58(31-44(66)67)24-22-57(20-18-55)30-43(64)65)51-27-32-8-12-35(13-9-32)45(68)52-39(26-33-10-11-34-5-1-2-6-36(34)25-33)46(69)50-16-4-3-7-37(47(70)71)53-49(74)54-38(48(72)73)14-15-41(60)61;;/h1-2,5-6,10-11,25,32,35,37-39H,3-4,7-9,12-24,26-31H2,(H,50,69)(H,51,59)(H,52,68)(H,60,61)(H,62,63)(H,64,65)(H,66,67)(H,70,71)(H,72,73)(H2,53,54,74);;/p-3/t32?,35?,37-,38-,39-;;/m0../s1/i;1-2;. The van der Waals surface area contributed by atoms with Gasteiger partial charge in [0.25, 0.3) is 0 Å². The molecule has 1 saturated heterocycles. The van der Waals surface area contributed by atoms with Gasteiger partial charge in [-0.1, -0.05) is 42.5 Å². The molecule has 8 N–H and O–H groups in total. The van der Waals surface area contributed by atoms with Crippen molar-refractivity contribution in [3.8, 4) is 0 Å². The smallest absolute Gasteiger partial charge is 0.326 e. The molecule has 2 aliphatic rings. The van der Waals surface area contributed by atoms with Crippen LogP contribution < -0.4 is 41.9 Å². The van der Waals surface area contributed by atoms with E-state index in [2.05, 4.69) is 26.6 Å². The van der Waals surface area contributed by atoms with E-state index < -0.39 is 104 Å². The monoisotopic (exact) mass is 1490 g/mol. The van der Waals surface area contributed by atoms with Crippen molar-refractivity contribution in [2.24, 2.45) is 11.8 Å². The average Bonchev–Trinajstić information content (AvgIpc) is 3.34. The largest absolute Gasteiger partial charge is 0.549 e. The summed E-state index contributed by atoms with van der Waals surface area (Å²) >= 11 is 0. The Bertz CT molecular complexity index is 2240. The Morgan fingerprint density at radius 2 is 1.07 bits per heavy atom. The maximum Gasteiger partial charge on any atom is 0.326 e. The Labute approximate surface area is 512 Å². The number of nitrogens with zero attached hydrogens (tertiary/aromatic N) is 4. The fourth-order valence-electron chi connectivity index (χ4n) is 8.95. The molecule has 2 aromatic carbocycles. The van der Waals surface area contributed by atoms with Crippen LogP contribution in [-0.2, 0) is 49.6 Å². The van der Waals surface area contributed by atoms with Gasteiger partial charge in [0.15, 0.2) is 0 Å². The molecule has 4 rings (SSSR count). The summed E-state index contributed by atoms with van der Waals surface area (Å²) in [7, 11) is 0. The number of carboxylic acid groups (broad SMARTS) is 6. The van der Waals surface area contributed by atoms with E-state index in [1.54, 1.807) is 19.6 Å². The molecule has 0 unspecified atom stereocenters. The number of fused-ring (bicyclic) bond motifs is 1. The van der Waals surface area contributed by atoms with Gasteiger partial charge in [-0.3, -0.25) is 38.8 Å². The van der Waals surface area contributed by atoms with E-state index in [0.29, 0.717) is 32.2 Å². The molecule has 0 bridgehead atoms. The van der Waals surface area contributed by atoms with Gasteiger partial charge in [0.2, 0.25) is 17.7 Å². The van der Waals surface area contributed by atoms with Crippen molar-refractivity contribution in [1.29, 1.82) is 0 Å². The van der Waals surface area contributed by atoms with Gasteiger partial charge in [0.1, 0.15) is 18.1 Å². The first kappa shape index (κ1) is 68.0. The first-order valence-electron chi connectivity index (χ1n) is 24.8. The molecule has 25 nitrogen and oxygen atoms in total. The van der Waals surface area contributed by atoms with Crippen molar-refractivity contribution in [1.82, 2.24) is 46.2 Å². The number of benzene rings is 2. The predicted octanol–water partition coefficient (Wildman–Crippen LogP) is -4.38. The Hall–Kier alpha value is -4.08. The van der Waals surface area contributed by atoms with E-state index in [4.69, 9.17) is 5.11 Å². The van der Waals surface area contributed by atoms with E-state index in [1.165, 1.54) is 0 Å². The van der Waals surface area contributed by atoms with Crippen LogP contribution in [-0.4, -0.2) is 204 Å². The Morgan fingerprint density at radius 3 is 1.55 bits per heavy atom. The van der Waals surface area contributed by atoms with E-state index in [1.807, 2.05) is 42.5 Å². The molecular weight excluding hydrogens is 1420 g/mol. The van der Waals surface area contributed by atoms with Crippen LogP contribution in [0.4, 0.5) is 4.79 Å². The second-order valence-corrected chi connectivity index (χ2v) is 18.8. The molecule has 3 atom stereocenters. The molecule has 1 saturated carbocycles. The van der Waals surface area contributed by atoms with Crippen LogP contribution in [0.1, 0.15) is 63.4 Å². The molecule has 2 fully saturated rings. The molecule has 5 amide bonds. The number of hydrogen-bond acceptors (Lipinski definition) is 17. The minimum Gasteiger partial charge on any atom is -0.549 e. The Kier molecular flexibility index (Phi) is 32.4. The first-order valence-corrected chi connectivity index (χ1v) is 24.8. The molecule has 0 aromatic heterocycles. The van der Waals surface area contributed by atoms with Gasteiger partial charge in [0.05, 0.1) is 24.5 Å².